The van der Waals surface area contributed by atoms with Crippen molar-refractivity contribution in [3.8, 4) is 0 Å². The van der Waals surface area contributed by atoms with Gasteiger partial charge >= 0.3 is 0 Å². The second-order valence-electron chi connectivity index (χ2n) is 7.26. The Morgan fingerprint density at radius 1 is 1.13 bits per heavy atom. The first-order chi connectivity index (χ1) is 14.3. The fourth-order valence-electron chi connectivity index (χ4n) is 2.80. The van der Waals surface area contributed by atoms with E-state index >= 15 is 0 Å². The van der Waals surface area contributed by atoms with E-state index in [-0.39, 0.29) is 29.4 Å². The SMILES string of the molecule is CC[C@@H](C)NC(=O)[C@@H](C)N(Cc1cccc(Cl)c1)C(=O)CSCc1ccc(F)cc1. The summed E-state index contributed by atoms with van der Waals surface area (Å²) in [5.74, 6) is 0.217. The molecule has 7 heteroatoms. The van der Waals surface area contributed by atoms with Gasteiger partial charge in [0.2, 0.25) is 11.8 Å². The molecule has 2 aromatic rings. The van der Waals surface area contributed by atoms with Crippen molar-refractivity contribution in [3.05, 3.63) is 70.5 Å². The lowest BCUT2D eigenvalue weighted by Gasteiger charge is -2.29. The van der Waals surface area contributed by atoms with Crippen LogP contribution in [0.4, 0.5) is 4.39 Å². The van der Waals surface area contributed by atoms with Crippen molar-refractivity contribution in [3.63, 3.8) is 0 Å². The van der Waals surface area contributed by atoms with Gasteiger partial charge in [0.1, 0.15) is 11.9 Å². The Balaban J connectivity index is 2.07. The second-order valence-corrected chi connectivity index (χ2v) is 8.69. The van der Waals surface area contributed by atoms with E-state index in [4.69, 9.17) is 11.6 Å². The third-order valence-corrected chi connectivity index (χ3v) is 6.04. The summed E-state index contributed by atoms with van der Waals surface area (Å²) in [6.07, 6.45) is 0.814. The zero-order valence-corrected chi connectivity index (χ0v) is 19.1. The molecule has 0 heterocycles. The molecule has 0 radical (unpaired) electrons. The second kappa shape index (κ2) is 12.0. The van der Waals surface area contributed by atoms with Crippen LogP contribution in [-0.4, -0.2) is 34.6 Å². The van der Waals surface area contributed by atoms with Gasteiger partial charge < -0.3 is 10.2 Å². The number of hydrogen-bond acceptors (Lipinski definition) is 3. The van der Waals surface area contributed by atoms with Crippen molar-refractivity contribution in [1.29, 1.82) is 0 Å². The standard InChI is InChI=1S/C23H28ClFN2O2S/c1-4-16(2)26-23(29)17(3)27(13-19-6-5-7-20(24)12-19)22(28)15-30-14-18-8-10-21(25)11-9-18/h5-12,16-17H,4,13-15H2,1-3H3,(H,26,29)/t16-,17-/m1/s1. The first-order valence-electron chi connectivity index (χ1n) is 9.96. The Labute approximate surface area is 187 Å². The molecule has 0 aliphatic rings. The summed E-state index contributed by atoms with van der Waals surface area (Å²) in [7, 11) is 0. The number of thioether (sulfide) groups is 1. The highest BCUT2D eigenvalue weighted by Gasteiger charge is 2.26. The first kappa shape index (κ1) is 24.2. The number of rotatable bonds is 10. The van der Waals surface area contributed by atoms with E-state index in [1.54, 1.807) is 36.1 Å². The fraction of sp³-hybridized carbons (Fsp3) is 0.391. The van der Waals surface area contributed by atoms with Gasteiger partial charge in [-0.15, -0.1) is 11.8 Å². The predicted octanol–water partition coefficient (Wildman–Crippen LogP) is 5.04. The third kappa shape index (κ3) is 7.65. The summed E-state index contributed by atoms with van der Waals surface area (Å²) in [6.45, 7) is 5.97. The molecule has 1 N–H and O–H groups in total. The van der Waals surface area contributed by atoms with Gasteiger partial charge in [0.05, 0.1) is 5.75 Å². The van der Waals surface area contributed by atoms with Crippen LogP contribution in [0.15, 0.2) is 48.5 Å². The topological polar surface area (TPSA) is 49.4 Å². The van der Waals surface area contributed by atoms with E-state index in [0.29, 0.717) is 17.3 Å². The molecule has 0 unspecified atom stereocenters. The van der Waals surface area contributed by atoms with Crippen LogP contribution in [0.2, 0.25) is 5.02 Å². The Kier molecular flexibility index (Phi) is 9.66. The number of halogens is 2. The molecule has 0 saturated carbocycles. The van der Waals surface area contributed by atoms with Gasteiger partial charge in [-0.05, 0) is 55.7 Å². The summed E-state index contributed by atoms with van der Waals surface area (Å²) in [5, 5.41) is 3.53. The van der Waals surface area contributed by atoms with E-state index in [9.17, 15) is 14.0 Å². The fourth-order valence-corrected chi connectivity index (χ4v) is 3.88. The molecule has 162 valence electrons. The lowest BCUT2D eigenvalue weighted by atomic mass is 10.1. The maximum Gasteiger partial charge on any atom is 0.242 e. The Morgan fingerprint density at radius 2 is 1.83 bits per heavy atom. The lowest BCUT2D eigenvalue weighted by Crippen LogP contribution is -2.50. The average molecular weight is 451 g/mol. The minimum Gasteiger partial charge on any atom is -0.352 e. The molecule has 0 aliphatic carbocycles. The van der Waals surface area contributed by atoms with Gasteiger partial charge in [0.25, 0.3) is 0 Å². The third-order valence-electron chi connectivity index (χ3n) is 4.82. The van der Waals surface area contributed by atoms with Crippen molar-refractivity contribution < 1.29 is 14.0 Å². The van der Waals surface area contributed by atoms with Crippen molar-refractivity contribution in [2.24, 2.45) is 0 Å². The minimum atomic E-state index is -0.614. The van der Waals surface area contributed by atoms with Crippen molar-refractivity contribution in [2.75, 3.05) is 5.75 Å². The molecule has 30 heavy (non-hydrogen) atoms. The molecule has 2 rings (SSSR count). The molecule has 0 aromatic heterocycles. The van der Waals surface area contributed by atoms with Gasteiger partial charge in [-0.3, -0.25) is 9.59 Å². The number of carbonyl (C=O) groups excluding carboxylic acids is 2. The minimum absolute atomic E-state index is 0.0379. The zero-order valence-electron chi connectivity index (χ0n) is 17.5. The van der Waals surface area contributed by atoms with Gasteiger partial charge in [-0.25, -0.2) is 4.39 Å². The van der Waals surface area contributed by atoms with Crippen LogP contribution in [-0.2, 0) is 21.9 Å². The Bertz CT molecular complexity index is 847. The van der Waals surface area contributed by atoms with Gasteiger partial charge in [-0.1, -0.05) is 42.8 Å². The quantitative estimate of drug-likeness (QED) is 0.551. The van der Waals surface area contributed by atoms with E-state index in [2.05, 4.69) is 5.32 Å². The largest absolute Gasteiger partial charge is 0.352 e. The molecular formula is C23H28ClFN2O2S. The molecule has 0 aliphatic heterocycles. The zero-order chi connectivity index (χ0) is 22.1. The maximum absolute atomic E-state index is 13.0. The van der Waals surface area contributed by atoms with Gasteiger partial charge in [0, 0.05) is 23.4 Å². The highest BCUT2D eigenvalue weighted by Crippen LogP contribution is 2.18. The summed E-state index contributed by atoms with van der Waals surface area (Å²) < 4.78 is 13.0. The number of amides is 2. The van der Waals surface area contributed by atoms with E-state index < -0.39 is 6.04 Å². The predicted molar refractivity (Wildman–Crippen MR) is 122 cm³/mol. The molecule has 2 amide bonds. The van der Waals surface area contributed by atoms with Crippen LogP contribution in [0.5, 0.6) is 0 Å². The van der Waals surface area contributed by atoms with Crippen molar-refractivity contribution >= 4 is 35.2 Å². The highest BCUT2D eigenvalue weighted by molar-refractivity contribution is 7.99. The van der Waals surface area contributed by atoms with Crippen molar-refractivity contribution in [2.45, 2.75) is 51.6 Å². The van der Waals surface area contributed by atoms with Crippen LogP contribution in [0.3, 0.4) is 0 Å². The molecule has 0 fully saturated rings. The van der Waals surface area contributed by atoms with E-state index in [0.717, 1.165) is 17.5 Å². The number of nitrogens with one attached hydrogen (secondary N) is 1. The molecule has 0 bridgehead atoms. The van der Waals surface area contributed by atoms with Gasteiger partial charge in [0.15, 0.2) is 0 Å². The van der Waals surface area contributed by atoms with Gasteiger partial charge in [-0.2, -0.15) is 0 Å². The lowest BCUT2D eigenvalue weighted by molar-refractivity contribution is -0.138. The van der Waals surface area contributed by atoms with Crippen LogP contribution in [0.1, 0.15) is 38.3 Å². The number of nitrogens with zero attached hydrogens (tertiary/aromatic N) is 1. The molecule has 2 aromatic carbocycles. The summed E-state index contributed by atoms with van der Waals surface area (Å²) >= 11 is 7.53. The Morgan fingerprint density at radius 3 is 2.47 bits per heavy atom. The molecule has 0 spiro atoms. The first-order valence-corrected chi connectivity index (χ1v) is 11.5. The smallest absolute Gasteiger partial charge is 0.242 e. The monoisotopic (exact) mass is 450 g/mol. The number of benzene rings is 2. The number of hydrogen-bond donors (Lipinski definition) is 1. The normalized spacial score (nSPS) is 12.8. The van der Waals surface area contributed by atoms with Crippen molar-refractivity contribution in [1.82, 2.24) is 10.2 Å². The van der Waals surface area contributed by atoms with E-state index in [1.165, 1.54) is 23.9 Å². The van der Waals surface area contributed by atoms with Crippen LogP contribution in [0.25, 0.3) is 0 Å². The van der Waals surface area contributed by atoms with Crippen LogP contribution in [0, 0.1) is 5.82 Å². The molecule has 2 atom stereocenters. The summed E-state index contributed by atoms with van der Waals surface area (Å²) in [4.78, 5) is 27.3. The Hall–Kier alpha value is -2.05. The highest BCUT2D eigenvalue weighted by atomic mass is 35.5. The molecule has 0 saturated heterocycles. The van der Waals surface area contributed by atoms with Crippen LogP contribution >= 0.6 is 23.4 Å². The molecular weight excluding hydrogens is 423 g/mol. The average Bonchev–Trinajstić information content (AvgIpc) is 2.72. The summed E-state index contributed by atoms with van der Waals surface area (Å²) in [6, 6.07) is 12.9. The van der Waals surface area contributed by atoms with E-state index in [1.807, 2.05) is 26.0 Å². The summed E-state index contributed by atoms with van der Waals surface area (Å²) in [5.41, 5.74) is 1.81. The number of carbonyl (C=O) groups is 2. The molecule has 4 nitrogen and oxygen atoms in total. The van der Waals surface area contributed by atoms with Crippen LogP contribution < -0.4 is 5.32 Å². The maximum atomic E-state index is 13.0.